The Hall–Kier alpha value is -2.83. The molecule has 3 aromatic rings. The van der Waals surface area contributed by atoms with Crippen LogP contribution in [0.4, 0.5) is 0 Å². The summed E-state index contributed by atoms with van der Waals surface area (Å²) in [6, 6.07) is 16.4. The molecule has 1 aromatic heterocycles. The fourth-order valence-corrected chi connectivity index (χ4v) is 3.34. The van der Waals surface area contributed by atoms with Gasteiger partial charge in [0.1, 0.15) is 25.3 Å². The van der Waals surface area contributed by atoms with Crippen molar-refractivity contribution in [3.63, 3.8) is 0 Å². The number of nitrogens with one attached hydrogen (secondary N) is 1. The van der Waals surface area contributed by atoms with E-state index in [0.717, 1.165) is 43.2 Å². The first-order valence-electron chi connectivity index (χ1n) is 10.0. The number of nitrogens with zero attached hydrogens (tertiary/aromatic N) is 2. The number of likely N-dealkylation sites (N-methyl/N-ethyl adjacent to an activating group) is 1. The van der Waals surface area contributed by atoms with Crippen molar-refractivity contribution in [2.75, 3.05) is 41.4 Å². The van der Waals surface area contributed by atoms with E-state index >= 15 is 0 Å². The van der Waals surface area contributed by atoms with Gasteiger partial charge in [-0.1, -0.05) is 30.3 Å². The molecule has 154 valence electrons. The van der Waals surface area contributed by atoms with Crippen LogP contribution in [0, 0.1) is 0 Å². The van der Waals surface area contributed by atoms with Gasteiger partial charge < -0.3 is 19.7 Å². The van der Waals surface area contributed by atoms with Gasteiger partial charge >= 0.3 is 0 Å². The Kier molecular flexibility index (Phi) is 7.27. The molecule has 3 N–H and O–H groups in total. The number of benzene rings is 2. The van der Waals surface area contributed by atoms with Gasteiger partial charge in [0.2, 0.25) is 0 Å². The zero-order valence-electron chi connectivity index (χ0n) is 17.8. The van der Waals surface area contributed by atoms with Crippen LogP contribution in [0.3, 0.4) is 0 Å². The van der Waals surface area contributed by atoms with Crippen molar-refractivity contribution in [2.24, 2.45) is 0 Å². The molecule has 0 saturated carbocycles. The highest BCUT2D eigenvalue weighted by Gasteiger charge is 2.15. The number of quaternary nitrogens is 2. The van der Waals surface area contributed by atoms with E-state index in [4.69, 9.17) is 14.6 Å². The second-order valence-electron chi connectivity index (χ2n) is 7.49. The lowest BCUT2D eigenvalue weighted by Crippen LogP contribution is -3.09. The molecule has 0 aliphatic heterocycles. The quantitative estimate of drug-likeness (QED) is 0.499. The number of hydrogen-bond donors (Lipinski definition) is 2. The van der Waals surface area contributed by atoms with Crippen molar-refractivity contribution in [1.29, 1.82) is 0 Å². The monoisotopic (exact) mass is 396 g/mol. The number of nitrogens with two attached hydrogens (primary N) is 1. The lowest BCUT2D eigenvalue weighted by atomic mass is 10.1. The number of rotatable bonds is 10. The van der Waals surface area contributed by atoms with Gasteiger partial charge in [-0.15, -0.1) is 0 Å². The highest BCUT2D eigenvalue weighted by molar-refractivity contribution is 5.66. The molecule has 0 aliphatic carbocycles. The molecule has 0 fully saturated rings. The van der Waals surface area contributed by atoms with E-state index in [1.165, 1.54) is 16.0 Å². The zero-order valence-corrected chi connectivity index (χ0v) is 17.8. The fraction of sp³-hybridized carbons (Fsp3) is 0.348. The van der Waals surface area contributed by atoms with Crippen LogP contribution in [-0.4, -0.2) is 51.2 Å². The molecule has 0 bridgehead atoms. The molecule has 0 spiro atoms. The Morgan fingerprint density at radius 2 is 1.76 bits per heavy atom. The van der Waals surface area contributed by atoms with Crippen molar-refractivity contribution in [2.45, 2.75) is 13.1 Å². The van der Waals surface area contributed by atoms with Gasteiger partial charge in [-0.2, -0.15) is 5.10 Å². The highest BCUT2D eigenvalue weighted by Crippen LogP contribution is 2.33. The largest absolute Gasteiger partial charge is 0.493 e. The number of ether oxygens (including phenoxy) is 2. The minimum absolute atomic E-state index is 0.716. The number of aromatic nitrogens is 2. The van der Waals surface area contributed by atoms with Crippen LogP contribution >= 0.6 is 0 Å². The molecule has 6 nitrogen and oxygen atoms in total. The lowest BCUT2D eigenvalue weighted by molar-refractivity contribution is -0.875. The summed E-state index contributed by atoms with van der Waals surface area (Å²) < 4.78 is 12.9. The molecule has 29 heavy (non-hydrogen) atoms. The highest BCUT2D eigenvalue weighted by atomic mass is 16.5. The minimum atomic E-state index is 0.716. The predicted octanol–water partition coefficient (Wildman–Crippen LogP) is 0.824. The molecule has 6 heteroatoms. The first-order chi connectivity index (χ1) is 14.1. The zero-order chi connectivity index (χ0) is 20.6. The van der Waals surface area contributed by atoms with E-state index < -0.39 is 0 Å². The molecule has 0 unspecified atom stereocenters. The maximum atomic E-state index is 5.50. The third-order valence-electron chi connectivity index (χ3n) is 4.89. The van der Waals surface area contributed by atoms with Crippen LogP contribution in [0.2, 0.25) is 0 Å². The Bertz CT molecular complexity index is 906. The molecule has 1 heterocycles. The molecule has 0 radical (unpaired) electrons. The summed E-state index contributed by atoms with van der Waals surface area (Å²) in [7, 11) is 7.68. The summed E-state index contributed by atoms with van der Waals surface area (Å²) >= 11 is 0. The Morgan fingerprint density at radius 1 is 1.00 bits per heavy atom. The predicted molar refractivity (Wildman–Crippen MR) is 114 cm³/mol. The molecule has 0 aliphatic rings. The van der Waals surface area contributed by atoms with Crippen LogP contribution in [0.5, 0.6) is 11.5 Å². The van der Waals surface area contributed by atoms with Gasteiger partial charge in [0.05, 0.1) is 40.4 Å². The van der Waals surface area contributed by atoms with E-state index in [2.05, 4.69) is 49.9 Å². The normalized spacial score (nSPS) is 11.1. The smallest absolute Gasteiger partial charge is 0.161 e. The van der Waals surface area contributed by atoms with Crippen LogP contribution in [-0.2, 0) is 13.1 Å². The molecule has 3 rings (SSSR count). The van der Waals surface area contributed by atoms with E-state index in [1.54, 1.807) is 14.2 Å². The average Bonchev–Trinajstić information content (AvgIpc) is 3.13. The third kappa shape index (κ3) is 5.59. The van der Waals surface area contributed by atoms with Crippen LogP contribution in [0.1, 0.15) is 11.1 Å². The van der Waals surface area contributed by atoms with Crippen molar-refractivity contribution in [3.8, 4) is 22.8 Å². The van der Waals surface area contributed by atoms with Crippen LogP contribution in [0.25, 0.3) is 11.3 Å². The van der Waals surface area contributed by atoms with E-state index in [9.17, 15) is 0 Å². The summed E-state index contributed by atoms with van der Waals surface area (Å²) in [5, 5.41) is 7.26. The number of methoxy groups -OCH3 is 2. The van der Waals surface area contributed by atoms with Gasteiger partial charge in [-0.25, -0.2) is 0 Å². The molecule has 0 atom stereocenters. The van der Waals surface area contributed by atoms with Crippen LogP contribution < -0.4 is 19.7 Å². The summed E-state index contributed by atoms with van der Waals surface area (Å²) in [4.78, 5) is 1.46. The van der Waals surface area contributed by atoms with Crippen molar-refractivity contribution < 1.29 is 19.7 Å². The molecular formula is C23H32N4O2+2. The summed E-state index contributed by atoms with van der Waals surface area (Å²) in [5.74, 6) is 1.44. The van der Waals surface area contributed by atoms with Gasteiger partial charge in [-0.3, -0.25) is 4.68 Å². The Balaban J connectivity index is 1.88. The fourth-order valence-electron chi connectivity index (χ4n) is 3.34. The van der Waals surface area contributed by atoms with Gasteiger partial charge in [0.15, 0.2) is 11.5 Å². The Labute approximate surface area is 173 Å². The molecule has 0 amide bonds. The standard InChI is InChI=1S/C23H30N4O2/c1-26(2)13-12-24-15-20-17-27(16-18-8-6-5-7-9-18)25-23(20)19-10-11-21(28-3)22(14-19)29-4/h5-11,14,17,24H,12-13,15-16H2,1-4H3/p+2. The van der Waals surface area contributed by atoms with Gasteiger partial charge in [0.25, 0.3) is 0 Å². The molecule has 0 saturated heterocycles. The van der Waals surface area contributed by atoms with E-state index in [0.29, 0.717) is 5.75 Å². The second kappa shape index (κ2) is 10.1. The average molecular weight is 397 g/mol. The van der Waals surface area contributed by atoms with E-state index in [-0.39, 0.29) is 0 Å². The molecular weight excluding hydrogens is 364 g/mol. The maximum absolute atomic E-state index is 5.50. The summed E-state index contributed by atoms with van der Waals surface area (Å²) in [5.41, 5.74) is 4.49. The minimum Gasteiger partial charge on any atom is -0.493 e. The summed E-state index contributed by atoms with van der Waals surface area (Å²) in [6.45, 7) is 3.86. The van der Waals surface area contributed by atoms with Gasteiger partial charge in [0, 0.05) is 11.8 Å². The lowest BCUT2D eigenvalue weighted by Gasteiger charge is -2.09. The van der Waals surface area contributed by atoms with E-state index in [1.807, 2.05) is 28.9 Å². The SMILES string of the molecule is COc1ccc(-c2nn(Cc3ccccc3)cc2C[NH2+]CC[NH+](C)C)cc1OC. The first kappa shape index (κ1) is 20.9. The van der Waals surface area contributed by atoms with Crippen molar-refractivity contribution >= 4 is 0 Å². The third-order valence-corrected chi connectivity index (χ3v) is 4.89. The Morgan fingerprint density at radius 3 is 2.45 bits per heavy atom. The number of hydrogen-bond acceptors (Lipinski definition) is 3. The topological polar surface area (TPSA) is 57.3 Å². The van der Waals surface area contributed by atoms with Gasteiger partial charge in [-0.05, 0) is 23.8 Å². The maximum Gasteiger partial charge on any atom is 0.161 e. The van der Waals surface area contributed by atoms with Crippen molar-refractivity contribution in [3.05, 3.63) is 65.9 Å². The summed E-state index contributed by atoms with van der Waals surface area (Å²) in [6.07, 6.45) is 2.16. The van der Waals surface area contributed by atoms with Crippen LogP contribution in [0.15, 0.2) is 54.7 Å². The molecule has 2 aromatic carbocycles. The van der Waals surface area contributed by atoms with Crippen molar-refractivity contribution in [1.82, 2.24) is 9.78 Å². The second-order valence-corrected chi connectivity index (χ2v) is 7.49. The first-order valence-corrected chi connectivity index (χ1v) is 10.0.